The average Bonchev–Trinajstić information content (AvgIpc) is 3.19. The third-order valence-corrected chi connectivity index (χ3v) is 5.92. The number of amides is 1. The fraction of sp³-hybridized carbons (Fsp3) is 0.368. The maximum Gasteiger partial charge on any atom is 0.249 e. The van der Waals surface area contributed by atoms with E-state index in [0.29, 0.717) is 31.0 Å². The van der Waals surface area contributed by atoms with Gasteiger partial charge in [0.1, 0.15) is 18.2 Å². The minimum absolute atomic E-state index is 0.00390. The molecule has 28 heavy (non-hydrogen) atoms. The number of fused-ring (bicyclic) bond motifs is 2. The first kappa shape index (κ1) is 16.9. The first-order valence-corrected chi connectivity index (χ1v) is 9.25. The van der Waals surface area contributed by atoms with E-state index in [-0.39, 0.29) is 24.6 Å². The Morgan fingerprint density at radius 3 is 2.93 bits per heavy atom. The molecule has 144 valence electrons. The van der Waals surface area contributed by atoms with Gasteiger partial charge in [-0.15, -0.1) is 0 Å². The number of aromatic amines is 1. The smallest absolute Gasteiger partial charge is 0.249 e. The Labute approximate surface area is 161 Å². The molecule has 0 spiro atoms. The Kier molecular flexibility index (Phi) is 3.73. The molecule has 2 fully saturated rings. The van der Waals surface area contributed by atoms with Crippen molar-refractivity contribution in [3.05, 3.63) is 42.2 Å². The summed E-state index contributed by atoms with van der Waals surface area (Å²) in [6.45, 7) is 1.35. The number of carbonyl (C=O) groups excluding carboxylic acids is 1. The number of piperidine rings is 1. The van der Waals surface area contributed by atoms with Gasteiger partial charge in [-0.3, -0.25) is 4.79 Å². The second-order valence-electron chi connectivity index (χ2n) is 7.25. The molecule has 3 N–H and O–H groups in total. The number of morpholine rings is 1. The monoisotopic (exact) mass is 379 g/mol. The van der Waals surface area contributed by atoms with Gasteiger partial charge in [-0.25, -0.2) is 4.98 Å². The number of hydrogen-bond acceptors (Lipinski definition) is 7. The van der Waals surface area contributed by atoms with Crippen molar-refractivity contribution in [1.29, 1.82) is 0 Å². The van der Waals surface area contributed by atoms with Crippen molar-refractivity contribution in [2.45, 2.75) is 18.1 Å². The molecule has 9 nitrogen and oxygen atoms in total. The molecule has 0 saturated carbocycles. The number of nitrogens with zero attached hydrogens (tertiary/aromatic N) is 5. The van der Waals surface area contributed by atoms with Crippen molar-refractivity contribution in [3.8, 4) is 0 Å². The Hall–Kier alpha value is -3.20. The molecule has 2 aliphatic rings. The van der Waals surface area contributed by atoms with Gasteiger partial charge in [0, 0.05) is 20.1 Å². The molecule has 2 aromatic heterocycles. The normalized spacial score (nSPS) is 25.2. The van der Waals surface area contributed by atoms with E-state index in [4.69, 9.17) is 10.5 Å². The predicted octanol–water partition coefficient (Wildman–Crippen LogP) is 0.898. The number of imidazole rings is 1. The first-order valence-electron chi connectivity index (χ1n) is 9.25. The fourth-order valence-corrected chi connectivity index (χ4v) is 4.48. The highest BCUT2D eigenvalue weighted by Crippen LogP contribution is 2.43. The Balaban J connectivity index is 1.56. The lowest BCUT2D eigenvalue weighted by molar-refractivity contribution is -0.173. The van der Waals surface area contributed by atoms with Crippen LogP contribution in [0.4, 0.5) is 11.8 Å². The van der Waals surface area contributed by atoms with Crippen molar-refractivity contribution in [2.24, 2.45) is 0 Å². The number of ether oxygens (including phenoxy) is 1. The summed E-state index contributed by atoms with van der Waals surface area (Å²) in [5, 5.41) is 0. The lowest BCUT2D eigenvalue weighted by Crippen LogP contribution is -2.67. The van der Waals surface area contributed by atoms with E-state index >= 15 is 0 Å². The molecular formula is C19H21N7O2. The van der Waals surface area contributed by atoms with Gasteiger partial charge in [0.15, 0.2) is 11.5 Å². The molecule has 0 aliphatic carbocycles. The van der Waals surface area contributed by atoms with E-state index in [1.807, 2.05) is 30.1 Å². The number of carbonyl (C=O) groups is 1. The molecule has 2 aliphatic heterocycles. The molecular weight excluding hydrogens is 358 g/mol. The van der Waals surface area contributed by atoms with Crippen LogP contribution >= 0.6 is 0 Å². The standard InChI is InChI=1S/C19H21N7O2/c1-25-14(27)10-28-13-9-26(8-7-19(13,25)12-5-3-2-4-6-12)17-15-16(22-11-21-15)23-18(20)24-17/h2-6,11,13H,7-10H2,1H3,(H3,20,21,22,23,24)/t13-,19+/m1/s1. The molecule has 5 rings (SSSR count). The number of hydrogen-bond donors (Lipinski definition) is 2. The van der Waals surface area contributed by atoms with E-state index in [1.165, 1.54) is 0 Å². The number of nitrogen functional groups attached to an aromatic ring is 1. The SMILES string of the molecule is CN1C(=O)CO[C@@H]2CN(c3nc(N)nc4nc[nH]c34)CC[C@]21c1ccccc1. The Morgan fingerprint density at radius 2 is 2.11 bits per heavy atom. The first-order chi connectivity index (χ1) is 13.6. The van der Waals surface area contributed by atoms with E-state index in [1.54, 1.807) is 6.33 Å². The van der Waals surface area contributed by atoms with Gasteiger partial charge in [-0.1, -0.05) is 30.3 Å². The highest BCUT2D eigenvalue weighted by atomic mass is 16.5. The fourth-order valence-electron chi connectivity index (χ4n) is 4.48. The summed E-state index contributed by atoms with van der Waals surface area (Å²) in [4.78, 5) is 32.4. The van der Waals surface area contributed by atoms with Crippen LogP contribution in [0.3, 0.4) is 0 Å². The summed E-state index contributed by atoms with van der Waals surface area (Å²) in [5.74, 6) is 0.895. The quantitative estimate of drug-likeness (QED) is 0.680. The maximum absolute atomic E-state index is 12.5. The number of likely N-dealkylation sites (N-methyl/N-ethyl adjacent to an activating group) is 1. The number of nitrogens with one attached hydrogen (secondary N) is 1. The number of anilines is 2. The Morgan fingerprint density at radius 1 is 1.29 bits per heavy atom. The van der Waals surface area contributed by atoms with Crippen molar-refractivity contribution >= 4 is 28.8 Å². The van der Waals surface area contributed by atoms with Gasteiger partial charge >= 0.3 is 0 Å². The molecule has 0 bridgehead atoms. The molecule has 2 atom stereocenters. The highest BCUT2D eigenvalue weighted by molar-refractivity contribution is 5.84. The number of rotatable bonds is 2. The van der Waals surface area contributed by atoms with Crippen molar-refractivity contribution < 1.29 is 9.53 Å². The number of aromatic nitrogens is 4. The molecule has 9 heteroatoms. The van der Waals surface area contributed by atoms with Crippen LogP contribution in [0.1, 0.15) is 12.0 Å². The largest absolute Gasteiger partial charge is 0.368 e. The molecule has 2 saturated heterocycles. The van der Waals surface area contributed by atoms with Crippen LogP contribution in [-0.4, -0.2) is 63.6 Å². The molecule has 1 aromatic carbocycles. The van der Waals surface area contributed by atoms with Crippen LogP contribution in [0.5, 0.6) is 0 Å². The van der Waals surface area contributed by atoms with Gasteiger partial charge in [-0.2, -0.15) is 9.97 Å². The van der Waals surface area contributed by atoms with Crippen LogP contribution in [0.25, 0.3) is 11.2 Å². The zero-order valence-corrected chi connectivity index (χ0v) is 15.5. The molecule has 1 amide bonds. The summed E-state index contributed by atoms with van der Waals surface area (Å²) < 4.78 is 6.06. The van der Waals surface area contributed by atoms with E-state index in [0.717, 1.165) is 11.1 Å². The second-order valence-corrected chi connectivity index (χ2v) is 7.25. The van der Waals surface area contributed by atoms with Gasteiger partial charge in [0.05, 0.1) is 11.9 Å². The number of nitrogens with two attached hydrogens (primary N) is 1. The molecule has 4 heterocycles. The van der Waals surface area contributed by atoms with Crippen LogP contribution in [-0.2, 0) is 15.1 Å². The highest BCUT2D eigenvalue weighted by Gasteiger charge is 2.53. The van der Waals surface area contributed by atoms with Crippen LogP contribution < -0.4 is 10.6 Å². The lowest BCUT2D eigenvalue weighted by Gasteiger charge is -2.55. The minimum atomic E-state index is -0.501. The van der Waals surface area contributed by atoms with Crippen LogP contribution in [0.2, 0.25) is 0 Å². The zero-order valence-electron chi connectivity index (χ0n) is 15.5. The number of benzene rings is 1. The van der Waals surface area contributed by atoms with E-state index in [2.05, 4.69) is 37.0 Å². The molecule has 3 aromatic rings. The van der Waals surface area contributed by atoms with Gasteiger partial charge in [-0.05, 0) is 12.0 Å². The summed E-state index contributed by atoms with van der Waals surface area (Å²) >= 11 is 0. The van der Waals surface area contributed by atoms with Crippen molar-refractivity contribution in [1.82, 2.24) is 24.8 Å². The third-order valence-electron chi connectivity index (χ3n) is 5.92. The Bertz CT molecular complexity index is 1040. The summed E-state index contributed by atoms with van der Waals surface area (Å²) in [6.07, 6.45) is 2.11. The van der Waals surface area contributed by atoms with E-state index < -0.39 is 5.54 Å². The average molecular weight is 379 g/mol. The van der Waals surface area contributed by atoms with Gasteiger partial charge < -0.3 is 25.3 Å². The summed E-state index contributed by atoms with van der Waals surface area (Å²) in [6, 6.07) is 10.1. The predicted molar refractivity (Wildman–Crippen MR) is 104 cm³/mol. The molecule has 0 radical (unpaired) electrons. The lowest BCUT2D eigenvalue weighted by atomic mass is 9.76. The van der Waals surface area contributed by atoms with Crippen LogP contribution in [0, 0.1) is 0 Å². The minimum Gasteiger partial charge on any atom is -0.368 e. The molecule has 0 unspecified atom stereocenters. The van der Waals surface area contributed by atoms with E-state index in [9.17, 15) is 4.79 Å². The van der Waals surface area contributed by atoms with Crippen LogP contribution in [0.15, 0.2) is 36.7 Å². The van der Waals surface area contributed by atoms with Crippen molar-refractivity contribution in [2.75, 3.05) is 37.4 Å². The maximum atomic E-state index is 12.5. The second kappa shape index (κ2) is 6.16. The summed E-state index contributed by atoms with van der Waals surface area (Å²) in [5.41, 5.74) is 7.77. The van der Waals surface area contributed by atoms with Gasteiger partial charge in [0.2, 0.25) is 11.9 Å². The number of H-pyrrole nitrogens is 1. The van der Waals surface area contributed by atoms with Crippen molar-refractivity contribution in [3.63, 3.8) is 0 Å². The summed E-state index contributed by atoms with van der Waals surface area (Å²) in [7, 11) is 1.87. The zero-order chi connectivity index (χ0) is 19.3. The van der Waals surface area contributed by atoms with Gasteiger partial charge in [0.25, 0.3) is 0 Å². The topological polar surface area (TPSA) is 113 Å². The third kappa shape index (κ3) is 2.36.